The fourth-order valence-electron chi connectivity index (χ4n) is 2.18. The summed E-state index contributed by atoms with van der Waals surface area (Å²) in [6.07, 6.45) is -0.166. The first kappa shape index (κ1) is 16.1. The Labute approximate surface area is 128 Å². The van der Waals surface area contributed by atoms with E-state index in [4.69, 9.17) is 0 Å². The van der Waals surface area contributed by atoms with Gasteiger partial charge in [-0.2, -0.15) is 0 Å². The van der Waals surface area contributed by atoms with Crippen LogP contribution in [0.1, 0.15) is 17.0 Å². The van der Waals surface area contributed by atoms with Crippen LogP contribution in [-0.2, 0) is 0 Å². The van der Waals surface area contributed by atoms with E-state index in [0.717, 1.165) is 18.2 Å². The van der Waals surface area contributed by atoms with E-state index in [9.17, 15) is 23.2 Å². The molecule has 2 N–H and O–H groups in total. The molecule has 0 fully saturated rings. The Morgan fingerprint density at radius 1 is 0.952 bits per heavy atom. The van der Waals surface area contributed by atoms with Gasteiger partial charge in [0.25, 0.3) is 0 Å². The first-order valence-corrected chi connectivity index (χ1v) is 6.93. The maximum Gasteiger partial charge on any atom is 0.452 e. The molecule has 0 amide bonds. The first-order valence-electron chi connectivity index (χ1n) is 6.14. The Balaban J connectivity index is 2.49. The third-order valence-corrected chi connectivity index (χ3v) is 3.69. The Kier molecular flexibility index (Phi) is 5.08. The summed E-state index contributed by atoms with van der Waals surface area (Å²) in [6, 6.07) is 7.06. The Hall–Kier alpha value is -1.31. The van der Waals surface area contributed by atoms with E-state index in [1.807, 2.05) is 0 Å². The van der Waals surface area contributed by atoms with E-state index >= 15 is 0 Å². The Bertz CT molecular complexity index is 632. The van der Waals surface area contributed by atoms with Gasteiger partial charge in [-0.3, -0.25) is 0 Å². The lowest BCUT2D eigenvalue weighted by Crippen LogP contribution is -2.16. The molecule has 0 aliphatic rings. The summed E-state index contributed by atoms with van der Waals surface area (Å²) in [5, 5.41) is 18.4. The third kappa shape index (κ3) is 4.09. The van der Waals surface area contributed by atoms with Gasteiger partial charge in [0.1, 0.15) is 17.5 Å². The fourth-order valence-corrected chi connectivity index (χ4v) is 2.58. The summed E-state index contributed by atoms with van der Waals surface area (Å²) in [6.45, 7) is 0. The highest BCUT2D eigenvalue weighted by molar-refractivity contribution is 9.10. The molecule has 21 heavy (non-hydrogen) atoms. The Morgan fingerprint density at radius 3 is 2.10 bits per heavy atom. The van der Waals surface area contributed by atoms with E-state index in [1.54, 1.807) is 0 Å². The molecule has 2 aromatic rings. The van der Waals surface area contributed by atoms with Crippen LogP contribution in [0, 0.1) is 17.5 Å². The lowest BCUT2D eigenvalue weighted by atomic mass is 9.73. The van der Waals surface area contributed by atoms with Crippen molar-refractivity contribution in [1.29, 1.82) is 0 Å². The second kappa shape index (κ2) is 6.64. The number of hydrogen-bond acceptors (Lipinski definition) is 2. The molecule has 0 spiro atoms. The maximum atomic E-state index is 13.4. The highest BCUT2D eigenvalue weighted by Crippen LogP contribution is 2.32. The first-order chi connectivity index (χ1) is 9.86. The molecule has 0 heterocycles. The van der Waals surface area contributed by atoms with Crippen LogP contribution in [-0.4, -0.2) is 17.2 Å². The summed E-state index contributed by atoms with van der Waals surface area (Å²) in [5.41, 5.74) is 0.764. The van der Waals surface area contributed by atoms with E-state index in [1.165, 1.54) is 18.2 Å². The molecule has 110 valence electrons. The molecule has 0 bridgehead atoms. The van der Waals surface area contributed by atoms with Crippen LogP contribution >= 0.6 is 15.9 Å². The predicted molar refractivity (Wildman–Crippen MR) is 77.3 cm³/mol. The summed E-state index contributed by atoms with van der Waals surface area (Å²) in [7, 11) is -1.66. The minimum atomic E-state index is -1.66. The summed E-state index contributed by atoms with van der Waals surface area (Å²) >= 11 is 3.03. The average molecular weight is 359 g/mol. The SMILES string of the molecule is OB(O)CC(c1cc(F)cc(F)c1)c1ccc(F)c(Br)c1. The molecule has 7 heteroatoms. The third-order valence-electron chi connectivity index (χ3n) is 3.08. The van der Waals surface area contributed by atoms with Crippen molar-refractivity contribution in [3.05, 3.63) is 69.4 Å². The molecule has 1 unspecified atom stereocenters. The molecule has 2 rings (SSSR count). The van der Waals surface area contributed by atoms with Crippen molar-refractivity contribution < 1.29 is 23.2 Å². The molecule has 0 aliphatic carbocycles. The zero-order valence-electron chi connectivity index (χ0n) is 10.7. The molecular weight excluding hydrogens is 348 g/mol. The number of rotatable bonds is 4. The highest BCUT2D eigenvalue weighted by atomic mass is 79.9. The standard InChI is InChI=1S/C14H11BBrF3O2/c16-13-5-8(1-2-14(13)19)12(7-15(20)21)9-3-10(17)6-11(18)4-9/h1-6,12,20-21H,7H2. The van der Waals surface area contributed by atoms with Gasteiger partial charge in [-0.05, 0) is 57.6 Å². The van der Waals surface area contributed by atoms with E-state index in [0.29, 0.717) is 5.56 Å². The van der Waals surface area contributed by atoms with Crippen LogP contribution in [0.15, 0.2) is 40.9 Å². The van der Waals surface area contributed by atoms with Gasteiger partial charge in [-0.1, -0.05) is 6.07 Å². The molecule has 0 aromatic heterocycles. The highest BCUT2D eigenvalue weighted by Gasteiger charge is 2.22. The lowest BCUT2D eigenvalue weighted by molar-refractivity contribution is 0.401. The van der Waals surface area contributed by atoms with Crippen molar-refractivity contribution in [2.75, 3.05) is 0 Å². The van der Waals surface area contributed by atoms with E-state index < -0.39 is 30.5 Å². The van der Waals surface area contributed by atoms with Gasteiger partial charge >= 0.3 is 7.12 Å². The molecule has 1 atom stereocenters. The molecule has 0 radical (unpaired) electrons. The topological polar surface area (TPSA) is 40.5 Å². The normalized spacial score (nSPS) is 12.3. The van der Waals surface area contributed by atoms with E-state index in [-0.39, 0.29) is 16.4 Å². The van der Waals surface area contributed by atoms with Crippen LogP contribution in [0.3, 0.4) is 0 Å². The minimum Gasteiger partial charge on any atom is -0.427 e. The van der Waals surface area contributed by atoms with Gasteiger partial charge in [0, 0.05) is 12.0 Å². The molecule has 0 aliphatic heterocycles. The van der Waals surface area contributed by atoms with Gasteiger partial charge < -0.3 is 10.0 Å². The molecule has 2 nitrogen and oxygen atoms in total. The van der Waals surface area contributed by atoms with Crippen LogP contribution < -0.4 is 0 Å². The number of halogens is 4. The predicted octanol–water partition coefficient (Wildman–Crippen LogP) is 3.47. The lowest BCUT2D eigenvalue weighted by Gasteiger charge is -2.18. The van der Waals surface area contributed by atoms with Gasteiger partial charge in [0.05, 0.1) is 4.47 Å². The minimum absolute atomic E-state index is 0.166. The molecular formula is C14H11BBrF3O2. The zero-order valence-corrected chi connectivity index (χ0v) is 12.3. The summed E-state index contributed by atoms with van der Waals surface area (Å²) in [4.78, 5) is 0. The van der Waals surface area contributed by atoms with Crippen LogP contribution in [0.5, 0.6) is 0 Å². The summed E-state index contributed by atoms with van der Waals surface area (Å²) < 4.78 is 40.2. The zero-order chi connectivity index (χ0) is 15.6. The maximum absolute atomic E-state index is 13.4. The van der Waals surface area contributed by atoms with Crippen molar-refractivity contribution >= 4 is 23.0 Å². The quantitative estimate of drug-likeness (QED) is 0.821. The second-order valence-corrected chi connectivity index (χ2v) is 5.50. The smallest absolute Gasteiger partial charge is 0.427 e. The van der Waals surface area contributed by atoms with Crippen molar-refractivity contribution in [3.8, 4) is 0 Å². The van der Waals surface area contributed by atoms with Crippen molar-refractivity contribution in [3.63, 3.8) is 0 Å². The molecule has 2 aromatic carbocycles. The van der Waals surface area contributed by atoms with E-state index in [2.05, 4.69) is 15.9 Å². The largest absolute Gasteiger partial charge is 0.452 e. The monoisotopic (exact) mass is 358 g/mol. The van der Waals surface area contributed by atoms with Gasteiger partial charge in [-0.15, -0.1) is 0 Å². The van der Waals surface area contributed by atoms with Gasteiger partial charge in [0.2, 0.25) is 0 Å². The van der Waals surface area contributed by atoms with Crippen LogP contribution in [0.25, 0.3) is 0 Å². The van der Waals surface area contributed by atoms with Crippen molar-refractivity contribution in [2.24, 2.45) is 0 Å². The van der Waals surface area contributed by atoms with Crippen LogP contribution in [0.2, 0.25) is 6.32 Å². The number of benzene rings is 2. The van der Waals surface area contributed by atoms with Crippen molar-refractivity contribution in [2.45, 2.75) is 12.2 Å². The Morgan fingerprint density at radius 2 is 1.57 bits per heavy atom. The van der Waals surface area contributed by atoms with Gasteiger partial charge in [0.15, 0.2) is 0 Å². The molecule has 0 saturated carbocycles. The van der Waals surface area contributed by atoms with Crippen molar-refractivity contribution in [1.82, 2.24) is 0 Å². The average Bonchev–Trinajstić information content (AvgIpc) is 2.38. The number of hydrogen-bond donors (Lipinski definition) is 2. The fraction of sp³-hybridized carbons (Fsp3) is 0.143. The second-order valence-electron chi connectivity index (χ2n) is 4.65. The summed E-state index contributed by atoms with van der Waals surface area (Å²) in [5.74, 6) is -2.67. The van der Waals surface area contributed by atoms with Crippen LogP contribution in [0.4, 0.5) is 13.2 Å². The van der Waals surface area contributed by atoms with Gasteiger partial charge in [-0.25, -0.2) is 13.2 Å². The molecule has 0 saturated heterocycles.